The average Bonchev–Trinajstić information content (AvgIpc) is 2.63. The molecular formula is C8H9N3O. The molecule has 0 amide bonds. The molecule has 0 N–H and O–H groups in total. The van der Waals surface area contributed by atoms with Gasteiger partial charge in [-0.25, -0.2) is 0 Å². The zero-order valence-corrected chi connectivity index (χ0v) is 6.77. The Morgan fingerprint density at radius 1 is 1.58 bits per heavy atom. The van der Waals surface area contributed by atoms with Crippen LogP contribution < -0.4 is 0 Å². The maximum absolute atomic E-state index is 4.70. The van der Waals surface area contributed by atoms with E-state index in [-0.39, 0.29) is 0 Å². The molecule has 0 radical (unpaired) electrons. The molecule has 0 saturated heterocycles. The van der Waals surface area contributed by atoms with Gasteiger partial charge in [0.05, 0.1) is 18.4 Å². The highest BCUT2D eigenvalue weighted by Gasteiger charge is 1.97. The average molecular weight is 163 g/mol. The molecule has 0 saturated carbocycles. The van der Waals surface area contributed by atoms with Crippen LogP contribution in [-0.4, -0.2) is 14.9 Å². The third-order valence-corrected chi connectivity index (χ3v) is 1.60. The summed E-state index contributed by atoms with van der Waals surface area (Å²) in [5, 5.41) is 7.84. The first kappa shape index (κ1) is 7.09. The van der Waals surface area contributed by atoms with Crippen LogP contribution in [0.5, 0.6) is 0 Å². The van der Waals surface area contributed by atoms with Crippen LogP contribution in [0.4, 0.5) is 0 Å². The smallest absolute Gasteiger partial charge is 0.128 e. The fourth-order valence-electron chi connectivity index (χ4n) is 1.04. The van der Waals surface area contributed by atoms with Crippen molar-refractivity contribution in [3.8, 4) is 0 Å². The number of aryl methyl sites for hydroxylation is 1. The summed E-state index contributed by atoms with van der Waals surface area (Å²) < 4.78 is 6.55. The van der Waals surface area contributed by atoms with E-state index in [2.05, 4.69) is 10.3 Å². The van der Waals surface area contributed by atoms with E-state index in [1.165, 1.54) is 0 Å². The maximum Gasteiger partial charge on any atom is 0.128 e. The van der Waals surface area contributed by atoms with Gasteiger partial charge in [-0.2, -0.15) is 5.10 Å². The van der Waals surface area contributed by atoms with E-state index in [1.54, 1.807) is 12.5 Å². The van der Waals surface area contributed by atoms with Crippen LogP contribution in [0.15, 0.2) is 29.2 Å². The summed E-state index contributed by atoms with van der Waals surface area (Å²) in [6, 6.07) is 1.97. The van der Waals surface area contributed by atoms with Crippen LogP contribution in [-0.2, 0) is 6.54 Å². The molecule has 0 bridgehead atoms. The zero-order chi connectivity index (χ0) is 8.39. The quantitative estimate of drug-likeness (QED) is 0.668. The Hall–Kier alpha value is -1.58. The predicted octanol–water partition coefficient (Wildman–Crippen LogP) is 1.23. The summed E-state index contributed by atoms with van der Waals surface area (Å²) in [4.78, 5) is 0. The molecule has 2 aromatic heterocycles. The molecule has 0 aliphatic heterocycles. The van der Waals surface area contributed by atoms with Gasteiger partial charge in [0, 0.05) is 11.8 Å². The van der Waals surface area contributed by atoms with Crippen LogP contribution >= 0.6 is 0 Å². The van der Waals surface area contributed by atoms with Crippen molar-refractivity contribution in [1.29, 1.82) is 0 Å². The molecule has 0 spiro atoms. The van der Waals surface area contributed by atoms with Gasteiger partial charge in [-0.3, -0.25) is 4.68 Å². The summed E-state index contributed by atoms with van der Waals surface area (Å²) >= 11 is 0. The summed E-state index contributed by atoms with van der Waals surface area (Å²) in [7, 11) is 0. The first-order valence-corrected chi connectivity index (χ1v) is 3.73. The maximum atomic E-state index is 4.70. The lowest BCUT2D eigenvalue weighted by atomic mass is 10.4. The Kier molecular flexibility index (Phi) is 1.66. The minimum atomic E-state index is 0.720. The predicted molar refractivity (Wildman–Crippen MR) is 42.6 cm³/mol. The second-order valence-corrected chi connectivity index (χ2v) is 2.69. The highest BCUT2D eigenvalue weighted by Crippen LogP contribution is 2.00. The van der Waals surface area contributed by atoms with E-state index < -0.39 is 0 Å². The molecular weight excluding hydrogens is 154 g/mol. The molecule has 2 aromatic rings. The Bertz CT molecular complexity index is 350. The van der Waals surface area contributed by atoms with Gasteiger partial charge < -0.3 is 4.52 Å². The second kappa shape index (κ2) is 2.81. The Morgan fingerprint density at radius 3 is 3.08 bits per heavy atom. The summed E-state index contributed by atoms with van der Waals surface area (Å²) in [6.07, 6.45) is 5.25. The molecule has 62 valence electrons. The second-order valence-electron chi connectivity index (χ2n) is 2.69. The van der Waals surface area contributed by atoms with E-state index in [4.69, 9.17) is 4.52 Å². The number of hydrogen-bond donors (Lipinski definition) is 0. The minimum Gasteiger partial charge on any atom is -0.364 e. The Balaban J connectivity index is 2.14. The molecule has 0 unspecified atom stereocenters. The van der Waals surface area contributed by atoms with Crippen molar-refractivity contribution < 1.29 is 4.52 Å². The molecule has 4 nitrogen and oxygen atoms in total. The highest BCUT2D eigenvalue weighted by molar-refractivity contribution is 5.02. The van der Waals surface area contributed by atoms with Crippen molar-refractivity contribution in [2.45, 2.75) is 13.5 Å². The Labute approximate surface area is 69.8 Å². The molecule has 12 heavy (non-hydrogen) atoms. The lowest BCUT2D eigenvalue weighted by Gasteiger charge is -1.94. The van der Waals surface area contributed by atoms with Crippen LogP contribution in [0.2, 0.25) is 0 Å². The van der Waals surface area contributed by atoms with E-state index in [9.17, 15) is 0 Å². The van der Waals surface area contributed by atoms with Gasteiger partial charge in [0.15, 0.2) is 0 Å². The molecule has 4 heteroatoms. The first-order valence-electron chi connectivity index (χ1n) is 3.73. The van der Waals surface area contributed by atoms with Gasteiger partial charge in [-0.05, 0) is 13.0 Å². The number of hydrogen-bond acceptors (Lipinski definition) is 3. The van der Waals surface area contributed by atoms with Crippen molar-refractivity contribution in [3.05, 3.63) is 36.0 Å². The van der Waals surface area contributed by atoms with Crippen LogP contribution in [0.3, 0.4) is 0 Å². The third kappa shape index (κ3) is 1.37. The standard InChI is InChI=1S/C8H9N3O/c1-7-2-3-11(10-7)5-8-4-9-12-6-8/h2-4,6H,5H2,1H3. The molecule has 2 heterocycles. The fraction of sp³-hybridized carbons (Fsp3) is 0.250. The molecule has 0 aliphatic carbocycles. The molecule has 2 rings (SSSR count). The lowest BCUT2D eigenvalue weighted by Crippen LogP contribution is -1.98. The Morgan fingerprint density at radius 2 is 2.50 bits per heavy atom. The van der Waals surface area contributed by atoms with Crippen LogP contribution in [0, 0.1) is 6.92 Å². The van der Waals surface area contributed by atoms with E-state index in [1.807, 2.05) is 23.9 Å². The summed E-state index contributed by atoms with van der Waals surface area (Å²) in [5.41, 5.74) is 2.05. The summed E-state index contributed by atoms with van der Waals surface area (Å²) in [5.74, 6) is 0. The van der Waals surface area contributed by atoms with Crippen molar-refractivity contribution in [3.63, 3.8) is 0 Å². The van der Waals surface area contributed by atoms with E-state index in [0.717, 1.165) is 17.8 Å². The van der Waals surface area contributed by atoms with E-state index >= 15 is 0 Å². The largest absolute Gasteiger partial charge is 0.364 e. The normalized spacial score (nSPS) is 10.4. The lowest BCUT2D eigenvalue weighted by molar-refractivity contribution is 0.418. The minimum absolute atomic E-state index is 0.720. The monoisotopic (exact) mass is 163 g/mol. The van der Waals surface area contributed by atoms with Crippen molar-refractivity contribution in [2.75, 3.05) is 0 Å². The van der Waals surface area contributed by atoms with Gasteiger partial charge in [0.1, 0.15) is 6.26 Å². The highest BCUT2D eigenvalue weighted by atomic mass is 16.5. The number of nitrogens with zero attached hydrogens (tertiary/aromatic N) is 3. The van der Waals surface area contributed by atoms with Crippen molar-refractivity contribution in [1.82, 2.24) is 14.9 Å². The van der Waals surface area contributed by atoms with Crippen molar-refractivity contribution in [2.24, 2.45) is 0 Å². The van der Waals surface area contributed by atoms with Gasteiger partial charge in [-0.1, -0.05) is 5.16 Å². The first-order chi connectivity index (χ1) is 5.84. The number of rotatable bonds is 2. The number of aromatic nitrogens is 3. The van der Waals surface area contributed by atoms with Gasteiger partial charge in [0.25, 0.3) is 0 Å². The van der Waals surface area contributed by atoms with Crippen LogP contribution in [0.25, 0.3) is 0 Å². The van der Waals surface area contributed by atoms with Gasteiger partial charge >= 0.3 is 0 Å². The summed E-state index contributed by atoms with van der Waals surface area (Å²) in [6.45, 7) is 2.68. The third-order valence-electron chi connectivity index (χ3n) is 1.60. The van der Waals surface area contributed by atoms with Gasteiger partial charge in [0.2, 0.25) is 0 Å². The molecule has 0 aromatic carbocycles. The van der Waals surface area contributed by atoms with E-state index in [0.29, 0.717) is 0 Å². The topological polar surface area (TPSA) is 43.9 Å². The molecule has 0 atom stereocenters. The van der Waals surface area contributed by atoms with Gasteiger partial charge in [-0.15, -0.1) is 0 Å². The molecule has 0 aliphatic rings. The molecule has 0 fully saturated rings. The van der Waals surface area contributed by atoms with Crippen molar-refractivity contribution >= 4 is 0 Å². The fourth-order valence-corrected chi connectivity index (χ4v) is 1.04. The SMILES string of the molecule is Cc1ccn(Cc2cnoc2)n1. The van der Waals surface area contributed by atoms with Crippen LogP contribution in [0.1, 0.15) is 11.3 Å². The zero-order valence-electron chi connectivity index (χ0n) is 6.77.